The predicted octanol–water partition coefficient (Wildman–Crippen LogP) is 5.96. The molecule has 5 heterocycles. The zero-order valence-electron chi connectivity index (χ0n) is 26.3. The summed E-state index contributed by atoms with van der Waals surface area (Å²) < 4.78 is 6.34. The molecule has 2 aliphatic rings. The van der Waals surface area contributed by atoms with Gasteiger partial charge in [-0.2, -0.15) is 0 Å². The van der Waals surface area contributed by atoms with Gasteiger partial charge in [-0.05, 0) is 77.9 Å². The molecule has 0 saturated carbocycles. The highest BCUT2D eigenvalue weighted by atomic mass is 16.3. The second-order valence-electron chi connectivity index (χ2n) is 11.8. The van der Waals surface area contributed by atoms with Gasteiger partial charge in [0, 0.05) is 81.1 Å². The average molecular weight is 634 g/mol. The van der Waals surface area contributed by atoms with E-state index in [0.717, 1.165) is 44.9 Å². The molecule has 1 aliphatic carbocycles. The quantitative estimate of drug-likeness (QED) is 0.151. The Bertz CT molecular complexity index is 2040. The van der Waals surface area contributed by atoms with Crippen LogP contribution in [0.3, 0.4) is 0 Å². The Kier molecular flexibility index (Phi) is 9.22. The van der Waals surface area contributed by atoms with Crippen LogP contribution in [-0.4, -0.2) is 29.7 Å². The van der Waals surface area contributed by atoms with Crippen molar-refractivity contribution in [1.29, 1.82) is 0 Å². The Morgan fingerprint density at radius 1 is 0.542 bits per heavy atom. The normalized spacial score (nSPS) is 11.5. The molecule has 9 nitrogen and oxygen atoms in total. The maximum absolute atomic E-state index is 13.0. The summed E-state index contributed by atoms with van der Waals surface area (Å²) in [5.74, 6) is 0.280. The number of hydrogen-bond acceptors (Lipinski definition) is 9. The van der Waals surface area contributed by atoms with E-state index in [1.54, 1.807) is 36.9 Å². The molecule has 0 N–H and O–H groups in total. The van der Waals surface area contributed by atoms with Gasteiger partial charge in [-0.3, -0.25) is 34.5 Å². The van der Waals surface area contributed by atoms with E-state index in [1.807, 2.05) is 72.8 Å². The lowest BCUT2D eigenvalue weighted by Crippen LogP contribution is -2.24. The van der Waals surface area contributed by atoms with Crippen LogP contribution in [0.25, 0.3) is 22.3 Å². The number of benzene rings is 2. The summed E-state index contributed by atoms with van der Waals surface area (Å²) in [4.78, 5) is 35.6. The lowest BCUT2D eigenvalue weighted by atomic mass is 9.98. The molecule has 0 atom stereocenters. The van der Waals surface area contributed by atoms with E-state index in [-0.39, 0.29) is 11.2 Å². The van der Waals surface area contributed by atoms with Crippen LogP contribution in [0.4, 0.5) is 0 Å². The molecule has 1 aliphatic heterocycles. The van der Waals surface area contributed by atoms with Gasteiger partial charge in [0.15, 0.2) is 5.43 Å². The highest BCUT2D eigenvalue weighted by Gasteiger charge is 2.20. The molecule has 0 radical (unpaired) electrons. The first-order valence-corrected chi connectivity index (χ1v) is 15.8. The van der Waals surface area contributed by atoms with Crippen LogP contribution in [0.15, 0.2) is 137 Å². The highest BCUT2D eigenvalue weighted by Crippen LogP contribution is 2.35. The van der Waals surface area contributed by atoms with Gasteiger partial charge in [0.2, 0.25) is 0 Å². The van der Waals surface area contributed by atoms with Gasteiger partial charge in [0.1, 0.15) is 11.3 Å². The maximum atomic E-state index is 13.0. The summed E-state index contributed by atoms with van der Waals surface area (Å²) in [6.07, 6.45) is 7.13. The Labute approximate surface area is 278 Å². The van der Waals surface area contributed by atoms with Crippen molar-refractivity contribution in [3.05, 3.63) is 172 Å². The van der Waals surface area contributed by atoms with Gasteiger partial charge in [-0.1, -0.05) is 30.3 Å². The molecule has 0 spiro atoms. The van der Waals surface area contributed by atoms with Crippen molar-refractivity contribution in [2.24, 2.45) is 0 Å². The highest BCUT2D eigenvalue weighted by molar-refractivity contribution is 5.87. The monoisotopic (exact) mass is 633 g/mol. The van der Waals surface area contributed by atoms with E-state index in [4.69, 9.17) is 4.42 Å². The van der Waals surface area contributed by atoms with E-state index in [1.165, 1.54) is 12.1 Å². The number of pyridine rings is 4. The SMILES string of the molecule is O=c1cc2oc3cc([O-])cc(CN(Cc4ccccn4)Cc4ccccn4)c3cc-2c(CN(Cc2ccccn2)Cc2ccccn2)c1. The van der Waals surface area contributed by atoms with Crippen LogP contribution >= 0.6 is 0 Å². The molecule has 0 saturated heterocycles. The second kappa shape index (κ2) is 14.3. The molecule has 0 bridgehead atoms. The number of nitrogens with zero attached hydrogens (tertiary/aromatic N) is 6. The number of hydrogen-bond donors (Lipinski definition) is 0. The molecule has 7 rings (SSSR count). The van der Waals surface area contributed by atoms with Crippen molar-refractivity contribution in [2.75, 3.05) is 0 Å². The Balaban J connectivity index is 1.27. The van der Waals surface area contributed by atoms with Gasteiger partial charge in [0.05, 0.1) is 22.8 Å². The van der Waals surface area contributed by atoms with Gasteiger partial charge < -0.3 is 9.52 Å². The van der Waals surface area contributed by atoms with Crippen molar-refractivity contribution in [1.82, 2.24) is 29.7 Å². The van der Waals surface area contributed by atoms with E-state index in [0.29, 0.717) is 50.6 Å². The van der Waals surface area contributed by atoms with Crippen molar-refractivity contribution in [3.63, 3.8) is 0 Å². The first-order valence-electron chi connectivity index (χ1n) is 15.8. The lowest BCUT2D eigenvalue weighted by Gasteiger charge is -2.25. The standard InChI is InChI=1S/C39H34N6O3/c46-34-17-28(22-44(24-30-9-1-5-13-40-30)25-31-10-2-6-14-41-31)36-21-37-29(18-35(47)20-39(37)48-38(36)19-34)23-45(26-32-11-3-7-15-42-32)27-33-12-4-8-16-43-33/h1-21,46H,22-27H2/p-1. The molecule has 0 amide bonds. The van der Waals surface area contributed by atoms with Crippen molar-refractivity contribution in [2.45, 2.75) is 39.3 Å². The van der Waals surface area contributed by atoms with Crippen LogP contribution in [0.2, 0.25) is 0 Å². The number of aromatic nitrogens is 4. The molecule has 48 heavy (non-hydrogen) atoms. The molecular formula is C39H33N6O3-. The van der Waals surface area contributed by atoms with E-state index in [9.17, 15) is 9.90 Å². The fraction of sp³-hybridized carbons (Fsp3) is 0.154. The number of rotatable bonds is 12. The van der Waals surface area contributed by atoms with Crippen molar-refractivity contribution < 1.29 is 9.52 Å². The van der Waals surface area contributed by atoms with E-state index in [2.05, 4.69) is 35.8 Å². The molecule has 238 valence electrons. The minimum absolute atomic E-state index is 0.161. The van der Waals surface area contributed by atoms with Gasteiger partial charge in [0.25, 0.3) is 0 Å². The summed E-state index contributed by atoms with van der Waals surface area (Å²) in [7, 11) is 0. The minimum Gasteiger partial charge on any atom is -0.872 e. The molecule has 4 aromatic heterocycles. The summed E-state index contributed by atoms with van der Waals surface area (Å²) >= 11 is 0. The predicted molar refractivity (Wildman–Crippen MR) is 181 cm³/mol. The third-order valence-corrected chi connectivity index (χ3v) is 8.15. The topological polar surface area (TPSA) is 111 Å². The van der Waals surface area contributed by atoms with Crippen LogP contribution in [0.1, 0.15) is 33.9 Å². The minimum atomic E-state index is -0.161. The van der Waals surface area contributed by atoms with Gasteiger partial charge in [-0.25, -0.2) is 0 Å². The molecule has 9 heteroatoms. The molecule has 0 unspecified atom stereocenters. The van der Waals surface area contributed by atoms with Gasteiger partial charge in [-0.15, -0.1) is 5.75 Å². The first-order chi connectivity index (χ1) is 23.6. The smallest absolute Gasteiger partial charge is 0.182 e. The van der Waals surface area contributed by atoms with Crippen molar-refractivity contribution >= 4 is 11.0 Å². The largest absolute Gasteiger partial charge is 0.872 e. The molecule has 0 fully saturated rings. The first kappa shape index (κ1) is 30.9. The second-order valence-corrected chi connectivity index (χ2v) is 11.8. The Morgan fingerprint density at radius 2 is 1.02 bits per heavy atom. The Hall–Kier alpha value is -5.77. The molecule has 1 aromatic carbocycles. The van der Waals surface area contributed by atoms with Crippen LogP contribution in [-0.2, 0) is 39.3 Å². The summed E-state index contributed by atoms with van der Waals surface area (Å²) in [6, 6.07) is 31.8. The maximum Gasteiger partial charge on any atom is 0.182 e. The van der Waals surface area contributed by atoms with Crippen LogP contribution in [0, 0.1) is 0 Å². The third kappa shape index (κ3) is 7.60. The average Bonchev–Trinajstić information content (AvgIpc) is 3.09. The van der Waals surface area contributed by atoms with Crippen LogP contribution in [0.5, 0.6) is 5.75 Å². The molecule has 5 aromatic rings. The van der Waals surface area contributed by atoms with E-state index < -0.39 is 0 Å². The number of fused-ring (bicyclic) bond motifs is 2. The lowest BCUT2D eigenvalue weighted by molar-refractivity contribution is -0.268. The Morgan fingerprint density at radius 3 is 1.48 bits per heavy atom. The fourth-order valence-electron chi connectivity index (χ4n) is 6.03. The molecular weight excluding hydrogens is 600 g/mol. The summed E-state index contributed by atoms with van der Waals surface area (Å²) in [6.45, 7) is 3.17. The van der Waals surface area contributed by atoms with Crippen molar-refractivity contribution in [3.8, 4) is 17.1 Å². The van der Waals surface area contributed by atoms with E-state index >= 15 is 0 Å². The van der Waals surface area contributed by atoms with Gasteiger partial charge >= 0.3 is 0 Å². The summed E-state index contributed by atoms with van der Waals surface area (Å²) in [5.41, 5.74) is 6.40. The fourth-order valence-corrected chi connectivity index (χ4v) is 6.03. The zero-order valence-corrected chi connectivity index (χ0v) is 26.3. The summed E-state index contributed by atoms with van der Waals surface area (Å²) in [5, 5.41) is 13.8. The van der Waals surface area contributed by atoms with Crippen LogP contribution < -0.4 is 10.5 Å². The zero-order chi connectivity index (χ0) is 32.7. The third-order valence-electron chi connectivity index (χ3n) is 8.15.